The van der Waals surface area contributed by atoms with Gasteiger partial charge in [0.15, 0.2) is 0 Å². The number of carboxylic acid groups (broad SMARTS) is 1. The van der Waals surface area contributed by atoms with E-state index in [1.807, 2.05) is 48.7 Å². The molecule has 0 amide bonds. The first-order valence-electron chi connectivity index (χ1n) is 9.62. The summed E-state index contributed by atoms with van der Waals surface area (Å²) in [6.45, 7) is 3.06. The van der Waals surface area contributed by atoms with Gasteiger partial charge in [-0.05, 0) is 42.6 Å². The number of benzene rings is 2. The SMILES string of the molecule is COc1ccc(-c2ccccc2/C=N/NCCN2CCCC(C(=O)O)C2)cc1. The van der Waals surface area contributed by atoms with E-state index in [1.165, 1.54) is 0 Å². The molecule has 0 radical (unpaired) electrons. The van der Waals surface area contributed by atoms with Crippen LogP contribution in [0.1, 0.15) is 18.4 Å². The summed E-state index contributed by atoms with van der Waals surface area (Å²) < 4.78 is 5.22. The molecule has 1 fully saturated rings. The predicted octanol–water partition coefficient (Wildman–Crippen LogP) is 3.08. The lowest BCUT2D eigenvalue weighted by molar-refractivity contribution is -0.143. The standard InChI is InChI=1S/C22H27N3O3/c1-28-20-10-8-17(9-11-20)21-7-3-2-5-18(21)15-24-23-12-14-25-13-4-6-19(16-25)22(26)27/h2-3,5,7-11,15,19,23H,4,6,12-14,16H2,1H3,(H,26,27)/b24-15+. The summed E-state index contributed by atoms with van der Waals surface area (Å²) in [7, 11) is 1.66. The molecule has 1 aliphatic heterocycles. The molecular formula is C22H27N3O3. The molecule has 0 spiro atoms. The lowest BCUT2D eigenvalue weighted by atomic mass is 9.98. The van der Waals surface area contributed by atoms with Crippen LogP contribution < -0.4 is 10.2 Å². The van der Waals surface area contributed by atoms with Crippen molar-refractivity contribution in [3.8, 4) is 16.9 Å². The molecular weight excluding hydrogens is 354 g/mol. The number of nitrogens with zero attached hydrogens (tertiary/aromatic N) is 2. The van der Waals surface area contributed by atoms with Gasteiger partial charge in [-0.3, -0.25) is 4.79 Å². The highest BCUT2D eigenvalue weighted by Crippen LogP contribution is 2.24. The van der Waals surface area contributed by atoms with Crippen molar-refractivity contribution in [2.75, 3.05) is 33.3 Å². The van der Waals surface area contributed by atoms with Crippen LogP contribution >= 0.6 is 0 Å². The van der Waals surface area contributed by atoms with E-state index >= 15 is 0 Å². The Morgan fingerprint density at radius 2 is 2.07 bits per heavy atom. The summed E-state index contributed by atoms with van der Waals surface area (Å²) in [5.41, 5.74) is 6.33. The molecule has 1 saturated heterocycles. The number of carbonyl (C=O) groups is 1. The van der Waals surface area contributed by atoms with Gasteiger partial charge in [-0.2, -0.15) is 5.10 Å². The molecule has 148 valence electrons. The number of carboxylic acids is 1. The van der Waals surface area contributed by atoms with Crippen LogP contribution in [0.3, 0.4) is 0 Å². The Morgan fingerprint density at radius 3 is 2.82 bits per heavy atom. The van der Waals surface area contributed by atoms with Gasteiger partial charge < -0.3 is 20.2 Å². The molecule has 2 aromatic carbocycles. The highest BCUT2D eigenvalue weighted by Gasteiger charge is 2.24. The zero-order valence-corrected chi connectivity index (χ0v) is 16.2. The summed E-state index contributed by atoms with van der Waals surface area (Å²) in [5, 5.41) is 13.5. The molecule has 1 heterocycles. The summed E-state index contributed by atoms with van der Waals surface area (Å²) in [6, 6.07) is 16.1. The topological polar surface area (TPSA) is 74.2 Å². The molecule has 0 saturated carbocycles. The number of ether oxygens (including phenoxy) is 1. The van der Waals surface area contributed by atoms with Crippen LogP contribution in [0.15, 0.2) is 53.6 Å². The van der Waals surface area contributed by atoms with Crippen molar-refractivity contribution < 1.29 is 14.6 Å². The Hall–Kier alpha value is -2.86. The Morgan fingerprint density at radius 1 is 1.29 bits per heavy atom. The number of hydrazone groups is 1. The van der Waals surface area contributed by atoms with Crippen LogP contribution in [0.2, 0.25) is 0 Å². The maximum absolute atomic E-state index is 11.1. The monoisotopic (exact) mass is 381 g/mol. The number of hydrogen-bond acceptors (Lipinski definition) is 5. The zero-order valence-electron chi connectivity index (χ0n) is 16.2. The fourth-order valence-corrected chi connectivity index (χ4v) is 3.49. The van der Waals surface area contributed by atoms with Gasteiger partial charge in [-0.1, -0.05) is 36.4 Å². The van der Waals surface area contributed by atoms with Gasteiger partial charge >= 0.3 is 5.97 Å². The average Bonchev–Trinajstić information content (AvgIpc) is 2.74. The van der Waals surface area contributed by atoms with Gasteiger partial charge in [0.25, 0.3) is 0 Å². The van der Waals surface area contributed by atoms with Crippen molar-refractivity contribution in [1.29, 1.82) is 0 Å². The minimum absolute atomic E-state index is 0.242. The Kier molecular flexibility index (Phi) is 7.03. The zero-order chi connectivity index (χ0) is 19.8. The number of piperidine rings is 1. The Labute approximate surface area is 165 Å². The lowest BCUT2D eigenvalue weighted by Crippen LogP contribution is -2.41. The molecule has 2 aromatic rings. The number of methoxy groups -OCH3 is 1. The van der Waals surface area contributed by atoms with Crippen molar-refractivity contribution in [2.45, 2.75) is 12.8 Å². The van der Waals surface area contributed by atoms with Gasteiger partial charge in [-0.25, -0.2) is 0 Å². The first-order valence-corrected chi connectivity index (χ1v) is 9.62. The number of aliphatic carboxylic acids is 1. The smallest absolute Gasteiger partial charge is 0.307 e. The number of hydrogen-bond donors (Lipinski definition) is 2. The summed E-state index contributed by atoms with van der Waals surface area (Å²) >= 11 is 0. The highest BCUT2D eigenvalue weighted by atomic mass is 16.5. The number of nitrogens with one attached hydrogen (secondary N) is 1. The summed E-state index contributed by atoms with van der Waals surface area (Å²) in [5.74, 6) is -0.0983. The van der Waals surface area contributed by atoms with E-state index in [1.54, 1.807) is 7.11 Å². The van der Waals surface area contributed by atoms with Gasteiger partial charge in [0.1, 0.15) is 5.75 Å². The predicted molar refractivity (Wildman–Crippen MR) is 111 cm³/mol. The van der Waals surface area contributed by atoms with E-state index in [0.717, 1.165) is 48.4 Å². The molecule has 1 unspecified atom stereocenters. The van der Waals surface area contributed by atoms with Crippen LogP contribution in [0.25, 0.3) is 11.1 Å². The molecule has 2 N–H and O–H groups in total. The Bertz CT molecular complexity index is 805. The van der Waals surface area contributed by atoms with Crippen LogP contribution in [-0.4, -0.2) is 55.5 Å². The van der Waals surface area contributed by atoms with Crippen molar-refractivity contribution in [3.05, 3.63) is 54.1 Å². The number of rotatable bonds is 8. The molecule has 3 rings (SSSR count). The molecule has 1 aliphatic rings. The maximum atomic E-state index is 11.1. The largest absolute Gasteiger partial charge is 0.497 e. The van der Waals surface area contributed by atoms with E-state index in [-0.39, 0.29) is 5.92 Å². The van der Waals surface area contributed by atoms with E-state index < -0.39 is 5.97 Å². The van der Waals surface area contributed by atoms with Gasteiger partial charge in [0.2, 0.25) is 0 Å². The van der Waals surface area contributed by atoms with Crippen molar-refractivity contribution >= 4 is 12.2 Å². The fourth-order valence-electron chi connectivity index (χ4n) is 3.49. The third-order valence-corrected chi connectivity index (χ3v) is 5.05. The molecule has 6 nitrogen and oxygen atoms in total. The second kappa shape index (κ2) is 9.90. The molecule has 0 aliphatic carbocycles. The highest BCUT2D eigenvalue weighted by molar-refractivity contribution is 5.90. The quantitative estimate of drug-likeness (QED) is 0.418. The first kappa shape index (κ1) is 19.9. The van der Waals surface area contributed by atoms with Gasteiger partial charge in [0, 0.05) is 25.2 Å². The van der Waals surface area contributed by atoms with Crippen molar-refractivity contribution in [2.24, 2.45) is 11.0 Å². The summed E-state index contributed by atoms with van der Waals surface area (Å²) in [4.78, 5) is 13.3. The normalized spacial score (nSPS) is 17.5. The third-order valence-electron chi connectivity index (χ3n) is 5.05. The second-order valence-corrected chi connectivity index (χ2v) is 6.96. The van der Waals surface area contributed by atoms with Crippen LogP contribution in [0.4, 0.5) is 0 Å². The van der Waals surface area contributed by atoms with Crippen LogP contribution in [-0.2, 0) is 4.79 Å². The second-order valence-electron chi connectivity index (χ2n) is 6.96. The van der Waals surface area contributed by atoms with E-state index in [2.05, 4.69) is 21.5 Å². The minimum Gasteiger partial charge on any atom is -0.497 e. The summed E-state index contributed by atoms with van der Waals surface area (Å²) in [6.07, 6.45) is 3.55. The first-order chi connectivity index (χ1) is 13.7. The minimum atomic E-state index is -0.689. The fraction of sp³-hybridized carbons (Fsp3) is 0.364. The van der Waals surface area contributed by atoms with E-state index in [9.17, 15) is 4.79 Å². The molecule has 6 heteroatoms. The van der Waals surface area contributed by atoms with Crippen molar-refractivity contribution in [3.63, 3.8) is 0 Å². The molecule has 1 atom stereocenters. The van der Waals surface area contributed by atoms with Crippen LogP contribution in [0, 0.1) is 5.92 Å². The van der Waals surface area contributed by atoms with Gasteiger partial charge in [-0.15, -0.1) is 0 Å². The third kappa shape index (κ3) is 5.33. The van der Waals surface area contributed by atoms with Crippen molar-refractivity contribution in [1.82, 2.24) is 10.3 Å². The molecule has 0 bridgehead atoms. The molecule has 0 aromatic heterocycles. The van der Waals surface area contributed by atoms with E-state index in [4.69, 9.17) is 9.84 Å². The Balaban J connectivity index is 1.54. The average molecular weight is 381 g/mol. The molecule has 28 heavy (non-hydrogen) atoms. The van der Waals surface area contributed by atoms with E-state index in [0.29, 0.717) is 13.1 Å². The number of likely N-dealkylation sites (tertiary alicyclic amines) is 1. The lowest BCUT2D eigenvalue weighted by Gasteiger charge is -2.30. The van der Waals surface area contributed by atoms with Crippen LogP contribution in [0.5, 0.6) is 5.75 Å². The van der Waals surface area contributed by atoms with Gasteiger partial charge in [0.05, 0.1) is 19.2 Å². The maximum Gasteiger partial charge on any atom is 0.307 e.